The topological polar surface area (TPSA) is 92.1 Å². The Labute approximate surface area is 207 Å². The Bertz CT molecular complexity index is 1370. The van der Waals surface area contributed by atoms with Crippen molar-refractivity contribution in [2.75, 3.05) is 29.5 Å². The summed E-state index contributed by atoms with van der Waals surface area (Å²) >= 11 is 6.57. The lowest BCUT2D eigenvalue weighted by atomic mass is 10.2. The summed E-state index contributed by atoms with van der Waals surface area (Å²) in [6.45, 7) is 3.52. The third-order valence-electron chi connectivity index (χ3n) is 6.56. The summed E-state index contributed by atoms with van der Waals surface area (Å²) in [6.07, 6.45) is 8.05. The second-order valence-electron chi connectivity index (χ2n) is 9.10. The molecule has 1 atom stereocenters. The Kier molecular flexibility index (Phi) is 6.28. The Morgan fingerprint density at radius 3 is 2.56 bits per heavy atom. The molecular weight excluding hydrogens is 492 g/mol. The van der Waals surface area contributed by atoms with Crippen LogP contribution in [0, 0.1) is 6.92 Å². The number of carbonyl (C=O) groups is 1. The fourth-order valence-electron chi connectivity index (χ4n) is 4.80. The van der Waals surface area contributed by atoms with Gasteiger partial charge in [0.1, 0.15) is 15.8 Å². The van der Waals surface area contributed by atoms with Crippen LogP contribution in [-0.4, -0.2) is 63.6 Å². The first-order chi connectivity index (χ1) is 16.2. The molecule has 0 saturated carbocycles. The number of nitrogens with zero attached hydrogens (tertiary/aromatic N) is 4. The Balaban J connectivity index is 1.60. The average Bonchev–Trinajstić information content (AvgIpc) is 3.13. The van der Waals surface area contributed by atoms with Crippen molar-refractivity contribution in [3.63, 3.8) is 0 Å². The first-order valence-electron chi connectivity index (χ1n) is 11.5. The standard InChI is InChI=1S/C23H26N4O4S3/c1-15-6-7-19-24-20(25-9-4-2-3-5-10-25)17(21(28)26(19)13-15)12-18-22(29)27(23(32)33-18)16-8-11-34(30,31)14-16/h6-7,12-13,16H,2-5,8-11,14H2,1H3/b18-12+. The van der Waals surface area contributed by atoms with E-state index in [4.69, 9.17) is 17.2 Å². The van der Waals surface area contributed by atoms with Crippen LogP contribution in [0.25, 0.3) is 11.7 Å². The number of aromatic nitrogens is 2. The summed E-state index contributed by atoms with van der Waals surface area (Å²) in [4.78, 5) is 35.7. The fraction of sp³-hybridized carbons (Fsp3) is 0.478. The lowest BCUT2D eigenvalue weighted by Crippen LogP contribution is -2.39. The highest BCUT2D eigenvalue weighted by molar-refractivity contribution is 8.26. The smallest absolute Gasteiger partial charge is 0.267 e. The minimum atomic E-state index is -3.17. The molecule has 0 radical (unpaired) electrons. The number of sulfone groups is 1. The SMILES string of the molecule is Cc1ccc2nc(N3CCCCCC3)c(/C=C3/SC(=S)N(C4CCS(=O)(=O)C4)C3=O)c(=O)n2c1. The predicted molar refractivity (Wildman–Crippen MR) is 139 cm³/mol. The number of hydrogen-bond donors (Lipinski definition) is 0. The van der Waals surface area contributed by atoms with E-state index in [1.807, 2.05) is 19.1 Å². The zero-order valence-corrected chi connectivity index (χ0v) is 21.3. The van der Waals surface area contributed by atoms with Crippen molar-refractivity contribution in [2.24, 2.45) is 0 Å². The van der Waals surface area contributed by atoms with Gasteiger partial charge in [0.25, 0.3) is 11.5 Å². The maximum Gasteiger partial charge on any atom is 0.267 e. The lowest BCUT2D eigenvalue weighted by Gasteiger charge is -2.24. The van der Waals surface area contributed by atoms with Gasteiger partial charge in [-0.2, -0.15) is 0 Å². The number of amides is 1. The van der Waals surface area contributed by atoms with Gasteiger partial charge in [0.05, 0.1) is 28.0 Å². The molecule has 2 aromatic rings. The van der Waals surface area contributed by atoms with Gasteiger partial charge >= 0.3 is 0 Å². The molecule has 3 aliphatic heterocycles. The highest BCUT2D eigenvalue weighted by Gasteiger charge is 2.42. The molecule has 5 heterocycles. The highest BCUT2D eigenvalue weighted by Crippen LogP contribution is 2.37. The number of carbonyl (C=O) groups excluding carboxylic acids is 1. The Morgan fingerprint density at radius 1 is 1.15 bits per heavy atom. The number of pyridine rings is 1. The second-order valence-corrected chi connectivity index (χ2v) is 13.0. The van der Waals surface area contributed by atoms with Gasteiger partial charge in [0, 0.05) is 19.3 Å². The van der Waals surface area contributed by atoms with Gasteiger partial charge in [-0.25, -0.2) is 13.4 Å². The summed E-state index contributed by atoms with van der Waals surface area (Å²) in [7, 11) is -3.17. The fourth-order valence-corrected chi connectivity index (χ4v) is 7.88. The highest BCUT2D eigenvalue weighted by atomic mass is 32.2. The molecule has 0 N–H and O–H groups in total. The van der Waals surface area contributed by atoms with Crippen LogP contribution < -0.4 is 10.5 Å². The maximum atomic E-state index is 13.6. The Morgan fingerprint density at radius 2 is 1.88 bits per heavy atom. The summed E-state index contributed by atoms with van der Waals surface area (Å²) in [5.74, 6) is 0.227. The Hall–Kier alpha value is -2.24. The summed E-state index contributed by atoms with van der Waals surface area (Å²) < 4.78 is 25.8. The van der Waals surface area contributed by atoms with Crippen molar-refractivity contribution < 1.29 is 13.2 Å². The maximum absolute atomic E-state index is 13.6. The first-order valence-corrected chi connectivity index (χ1v) is 14.5. The molecule has 0 bridgehead atoms. The van der Waals surface area contributed by atoms with E-state index in [0.717, 1.165) is 56.1 Å². The van der Waals surface area contributed by atoms with Gasteiger partial charge in [0.15, 0.2) is 9.84 Å². The molecule has 3 fully saturated rings. The van der Waals surface area contributed by atoms with Crippen LogP contribution in [0.1, 0.15) is 43.2 Å². The number of aryl methyl sites for hydroxylation is 1. The third-order valence-corrected chi connectivity index (χ3v) is 9.64. The van der Waals surface area contributed by atoms with E-state index in [9.17, 15) is 18.0 Å². The molecular formula is C23H26N4O4S3. The third kappa shape index (κ3) is 4.40. The number of thiocarbonyl (C=S) groups is 1. The molecule has 0 aliphatic carbocycles. The van der Waals surface area contributed by atoms with E-state index in [1.54, 1.807) is 12.3 Å². The zero-order valence-electron chi connectivity index (χ0n) is 18.9. The summed E-state index contributed by atoms with van der Waals surface area (Å²) in [5.41, 5.74) is 1.63. The normalized spacial score (nSPS) is 24.4. The molecule has 0 spiro atoms. The zero-order chi connectivity index (χ0) is 24.0. The largest absolute Gasteiger partial charge is 0.356 e. The van der Waals surface area contributed by atoms with Gasteiger partial charge in [0.2, 0.25) is 0 Å². The molecule has 1 unspecified atom stereocenters. The lowest BCUT2D eigenvalue weighted by molar-refractivity contribution is -0.123. The van der Waals surface area contributed by atoms with Gasteiger partial charge in [-0.3, -0.25) is 18.9 Å². The quantitative estimate of drug-likeness (QED) is 0.453. The van der Waals surface area contributed by atoms with Crippen molar-refractivity contribution in [3.05, 3.63) is 44.7 Å². The van der Waals surface area contributed by atoms with Crippen LogP contribution in [0.15, 0.2) is 28.0 Å². The van der Waals surface area contributed by atoms with Crippen molar-refractivity contribution >= 4 is 61.6 Å². The van der Waals surface area contributed by atoms with E-state index in [1.165, 1.54) is 9.30 Å². The molecule has 5 rings (SSSR count). The minimum absolute atomic E-state index is 0.0577. The van der Waals surface area contributed by atoms with E-state index in [2.05, 4.69) is 4.90 Å². The molecule has 2 aromatic heterocycles. The average molecular weight is 519 g/mol. The summed E-state index contributed by atoms with van der Waals surface area (Å²) in [6, 6.07) is 3.31. The van der Waals surface area contributed by atoms with Gasteiger partial charge in [-0.05, 0) is 43.9 Å². The van der Waals surface area contributed by atoms with Crippen molar-refractivity contribution in [1.82, 2.24) is 14.3 Å². The molecule has 1 amide bonds. The molecule has 3 aliphatic rings. The van der Waals surface area contributed by atoms with E-state index in [0.29, 0.717) is 32.7 Å². The first kappa shape index (κ1) is 23.5. The molecule has 34 heavy (non-hydrogen) atoms. The number of thioether (sulfide) groups is 1. The van der Waals surface area contributed by atoms with E-state index in [-0.39, 0.29) is 23.0 Å². The molecule has 8 nitrogen and oxygen atoms in total. The molecule has 0 aromatic carbocycles. The van der Waals surface area contributed by atoms with Gasteiger partial charge < -0.3 is 4.90 Å². The second kappa shape index (κ2) is 9.09. The molecule has 3 saturated heterocycles. The van der Waals surface area contributed by atoms with Crippen LogP contribution in [0.5, 0.6) is 0 Å². The monoisotopic (exact) mass is 518 g/mol. The number of fused-ring (bicyclic) bond motifs is 1. The van der Waals surface area contributed by atoms with E-state index >= 15 is 0 Å². The van der Waals surface area contributed by atoms with Crippen molar-refractivity contribution in [3.8, 4) is 0 Å². The van der Waals surface area contributed by atoms with Crippen molar-refractivity contribution in [2.45, 2.75) is 45.1 Å². The number of hydrogen-bond acceptors (Lipinski definition) is 8. The number of anilines is 1. The van der Waals surface area contributed by atoms with Crippen LogP contribution in [0.3, 0.4) is 0 Å². The van der Waals surface area contributed by atoms with Crippen LogP contribution >= 0.6 is 24.0 Å². The molecule has 180 valence electrons. The summed E-state index contributed by atoms with van der Waals surface area (Å²) in [5, 5.41) is 0. The van der Waals surface area contributed by atoms with Crippen LogP contribution in [0.2, 0.25) is 0 Å². The van der Waals surface area contributed by atoms with E-state index < -0.39 is 15.9 Å². The van der Waals surface area contributed by atoms with Gasteiger partial charge in [-0.15, -0.1) is 0 Å². The van der Waals surface area contributed by atoms with Gasteiger partial charge in [-0.1, -0.05) is 42.9 Å². The number of rotatable bonds is 3. The minimum Gasteiger partial charge on any atom is -0.356 e. The van der Waals surface area contributed by atoms with Crippen LogP contribution in [-0.2, 0) is 14.6 Å². The van der Waals surface area contributed by atoms with Crippen LogP contribution in [0.4, 0.5) is 5.82 Å². The predicted octanol–water partition coefficient (Wildman–Crippen LogP) is 2.77. The van der Waals surface area contributed by atoms with Crippen molar-refractivity contribution in [1.29, 1.82) is 0 Å². The molecule has 11 heteroatoms.